The fourth-order valence-corrected chi connectivity index (χ4v) is 3.12. The van der Waals surface area contributed by atoms with Crippen molar-refractivity contribution in [1.29, 1.82) is 0 Å². The predicted octanol–water partition coefficient (Wildman–Crippen LogP) is 2.47. The number of halogens is 3. The Labute approximate surface area is 154 Å². The van der Waals surface area contributed by atoms with Gasteiger partial charge in [0.15, 0.2) is 11.5 Å². The number of anilines is 1. The number of nitrogen functional groups attached to an aromatic ring is 1. The molecular formula is C18H20F3N5O. The number of piperidine rings is 1. The van der Waals surface area contributed by atoms with Gasteiger partial charge in [-0.1, -0.05) is 18.2 Å². The van der Waals surface area contributed by atoms with Crippen LogP contribution >= 0.6 is 0 Å². The molecule has 1 aliphatic rings. The number of nitrogens with two attached hydrogens (primary N) is 1. The van der Waals surface area contributed by atoms with E-state index in [0.29, 0.717) is 38.0 Å². The maximum atomic E-state index is 12.8. The van der Waals surface area contributed by atoms with Gasteiger partial charge in [-0.25, -0.2) is 9.97 Å². The Balaban J connectivity index is 1.52. The minimum atomic E-state index is -4.34. The molecule has 3 N–H and O–H groups in total. The van der Waals surface area contributed by atoms with E-state index in [1.165, 1.54) is 24.5 Å². The van der Waals surface area contributed by atoms with Gasteiger partial charge in [0, 0.05) is 38.1 Å². The van der Waals surface area contributed by atoms with E-state index in [2.05, 4.69) is 20.2 Å². The third kappa shape index (κ3) is 4.94. The fraction of sp³-hybridized carbons (Fsp3) is 0.389. The van der Waals surface area contributed by atoms with Crippen LogP contribution in [0.4, 0.5) is 19.0 Å². The number of nitrogens with zero attached hydrogens (tertiary/aromatic N) is 3. The van der Waals surface area contributed by atoms with Crippen molar-refractivity contribution in [2.24, 2.45) is 0 Å². The summed E-state index contributed by atoms with van der Waals surface area (Å²) in [5.41, 5.74) is 5.74. The molecule has 1 fully saturated rings. The highest BCUT2D eigenvalue weighted by molar-refractivity contribution is 5.96. The number of hydrogen-bond donors (Lipinski definition) is 2. The largest absolute Gasteiger partial charge is 0.416 e. The summed E-state index contributed by atoms with van der Waals surface area (Å²) in [5.74, 6) is -0.283. The van der Waals surface area contributed by atoms with Gasteiger partial charge in [0.25, 0.3) is 5.91 Å². The number of carbonyl (C=O) groups is 1. The molecule has 0 atom stereocenters. The Kier molecular flexibility index (Phi) is 5.59. The third-order valence-electron chi connectivity index (χ3n) is 4.52. The molecule has 1 amide bonds. The topological polar surface area (TPSA) is 84.1 Å². The van der Waals surface area contributed by atoms with Crippen LogP contribution in [0, 0.1) is 0 Å². The predicted molar refractivity (Wildman–Crippen MR) is 93.7 cm³/mol. The van der Waals surface area contributed by atoms with Crippen LogP contribution in [0.5, 0.6) is 0 Å². The molecule has 1 aromatic carbocycles. The molecule has 3 rings (SSSR count). The van der Waals surface area contributed by atoms with Crippen molar-refractivity contribution < 1.29 is 18.0 Å². The Bertz CT molecular complexity index is 804. The van der Waals surface area contributed by atoms with E-state index in [-0.39, 0.29) is 23.5 Å². The van der Waals surface area contributed by atoms with Gasteiger partial charge in [0.05, 0.1) is 5.56 Å². The molecule has 0 radical (unpaired) electrons. The lowest BCUT2D eigenvalue weighted by atomic mass is 10.0. The van der Waals surface area contributed by atoms with Crippen molar-refractivity contribution in [3.63, 3.8) is 0 Å². The highest BCUT2D eigenvalue weighted by Crippen LogP contribution is 2.30. The molecule has 6 nitrogen and oxygen atoms in total. The van der Waals surface area contributed by atoms with Crippen LogP contribution in [0.2, 0.25) is 0 Å². The number of likely N-dealkylation sites (tertiary alicyclic amines) is 1. The number of hydrogen-bond acceptors (Lipinski definition) is 5. The number of amides is 1. The zero-order valence-electron chi connectivity index (χ0n) is 14.5. The van der Waals surface area contributed by atoms with Crippen LogP contribution in [0.1, 0.15) is 34.5 Å². The zero-order chi connectivity index (χ0) is 19.4. The summed E-state index contributed by atoms with van der Waals surface area (Å²) in [6.07, 6.45) is -0.119. The Hall–Kier alpha value is -2.68. The zero-order valence-corrected chi connectivity index (χ0v) is 14.5. The number of aromatic nitrogens is 2. The normalized spacial score (nSPS) is 16.3. The molecule has 27 heavy (non-hydrogen) atoms. The van der Waals surface area contributed by atoms with E-state index in [4.69, 9.17) is 5.73 Å². The second-order valence-electron chi connectivity index (χ2n) is 6.51. The molecule has 1 aromatic heterocycles. The van der Waals surface area contributed by atoms with Gasteiger partial charge >= 0.3 is 6.18 Å². The number of carbonyl (C=O) groups excluding carboxylic acids is 1. The van der Waals surface area contributed by atoms with E-state index in [9.17, 15) is 18.0 Å². The second-order valence-corrected chi connectivity index (χ2v) is 6.51. The summed E-state index contributed by atoms with van der Waals surface area (Å²) >= 11 is 0. The van der Waals surface area contributed by atoms with E-state index in [0.717, 1.165) is 6.07 Å². The number of alkyl halides is 3. The Morgan fingerprint density at radius 1 is 1.22 bits per heavy atom. The first-order chi connectivity index (χ1) is 12.8. The third-order valence-corrected chi connectivity index (χ3v) is 4.52. The molecule has 0 aliphatic carbocycles. The lowest BCUT2D eigenvalue weighted by Crippen LogP contribution is -2.44. The molecule has 144 valence electrons. The summed E-state index contributed by atoms with van der Waals surface area (Å²) in [7, 11) is 0. The van der Waals surface area contributed by atoms with Crippen molar-refractivity contribution >= 4 is 11.7 Å². The number of benzene rings is 1. The molecule has 1 saturated heterocycles. The summed E-state index contributed by atoms with van der Waals surface area (Å²) in [4.78, 5) is 22.1. The maximum absolute atomic E-state index is 12.8. The van der Waals surface area contributed by atoms with Crippen LogP contribution in [0.15, 0.2) is 36.7 Å². The lowest BCUT2D eigenvalue weighted by molar-refractivity contribution is -0.137. The van der Waals surface area contributed by atoms with Gasteiger partial charge in [0.1, 0.15) is 0 Å². The van der Waals surface area contributed by atoms with Gasteiger partial charge in [-0.2, -0.15) is 13.2 Å². The highest BCUT2D eigenvalue weighted by Gasteiger charge is 2.30. The van der Waals surface area contributed by atoms with Crippen molar-refractivity contribution in [1.82, 2.24) is 20.2 Å². The Morgan fingerprint density at radius 3 is 2.59 bits per heavy atom. The summed E-state index contributed by atoms with van der Waals surface area (Å²) in [6, 6.07) is 5.35. The quantitative estimate of drug-likeness (QED) is 0.853. The average molecular weight is 379 g/mol. The van der Waals surface area contributed by atoms with E-state index >= 15 is 0 Å². The molecule has 2 heterocycles. The van der Waals surface area contributed by atoms with Crippen LogP contribution in [0.3, 0.4) is 0 Å². The monoisotopic (exact) mass is 379 g/mol. The number of nitrogens with one attached hydrogen (secondary N) is 1. The van der Waals surface area contributed by atoms with Crippen molar-refractivity contribution in [3.8, 4) is 0 Å². The van der Waals surface area contributed by atoms with E-state index in [1.807, 2.05) is 0 Å². The molecule has 2 aromatic rings. The SMILES string of the molecule is Nc1nccnc1C(=O)NC1CCN(Cc2cccc(C(F)(F)F)c2)CC1. The van der Waals surface area contributed by atoms with Gasteiger partial charge < -0.3 is 11.1 Å². The second kappa shape index (κ2) is 7.91. The molecule has 0 spiro atoms. The van der Waals surface area contributed by atoms with Crippen LogP contribution < -0.4 is 11.1 Å². The van der Waals surface area contributed by atoms with Gasteiger partial charge in [-0.05, 0) is 24.5 Å². The highest BCUT2D eigenvalue weighted by atomic mass is 19.4. The van der Waals surface area contributed by atoms with Gasteiger partial charge in [-0.15, -0.1) is 0 Å². The minimum absolute atomic E-state index is 0.0309. The smallest absolute Gasteiger partial charge is 0.382 e. The minimum Gasteiger partial charge on any atom is -0.382 e. The lowest BCUT2D eigenvalue weighted by Gasteiger charge is -2.32. The first-order valence-electron chi connectivity index (χ1n) is 8.59. The van der Waals surface area contributed by atoms with Crippen LogP contribution in [-0.4, -0.2) is 39.9 Å². The molecule has 0 saturated carbocycles. The fourth-order valence-electron chi connectivity index (χ4n) is 3.12. The maximum Gasteiger partial charge on any atom is 0.416 e. The van der Waals surface area contributed by atoms with Crippen molar-refractivity contribution in [3.05, 3.63) is 53.5 Å². The molecule has 0 unspecified atom stereocenters. The van der Waals surface area contributed by atoms with Crippen LogP contribution in [0.25, 0.3) is 0 Å². The molecule has 0 bridgehead atoms. The van der Waals surface area contributed by atoms with E-state index in [1.54, 1.807) is 6.07 Å². The molecule has 1 aliphatic heterocycles. The van der Waals surface area contributed by atoms with Gasteiger partial charge in [0.2, 0.25) is 0 Å². The first kappa shape index (κ1) is 19.1. The van der Waals surface area contributed by atoms with Gasteiger partial charge in [-0.3, -0.25) is 9.69 Å². The van der Waals surface area contributed by atoms with Crippen molar-refractivity contribution in [2.75, 3.05) is 18.8 Å². The summed E-state index contributed by atoms with van der Waals surface area (Å²) < 4.78 is 38.4. The Morgan fingerprint density at radius 2 is 1.93 bits per heavy atom. The first-order valence-corrected chi connectivity index (χ1v) is 8.59. The summed E-state index contributed by atoms with van der Waals surface area (Å²) in [5, 5.41) is 2.89. The average Bonchev–Trinajstić information content (AvgIpc) is 2.63. The summed E-state index contributed by atoms with van der Waals surface area (Å²) in [6.45, 7) is 1.80. The molecular weight excluding hydrogens is 359 g/mol. The van der Waals surface area contributed by atoms with Crippen LogP contribution in [-0.2, 0) is 12.7 Å². The van der Waals surface area contributed by atoms with E-state index < -0.39 is 11.7 Å². The number of rotatable bonds is 4. The standard InChI is InChI=1S/C18H20F3N5O/c19-18(20,21)13-3-1-2-12(10-13)11-26-8-4-14(5-9-26)25-17(27)15-16(22)24-7-6-23-15/h1-3,6-7,10,14H,4-5,8-9,11H2,(H2,22,24)(H,25,27). The van der Waals surface area contributed by atoms with Crippen molar-refractivity contribution in [2.45, 2.75) is 31.6 Å². The molecule has 9 heteroatoms.